The minimum Gasteiger partial charge on any atom is -0.494 e. The zero-order valence-corrected chi connectivity index (χ0v) is 9.09. The van der Waals surface area contributed by atoms with Crippen LogP contribution in [0.2, 0.25) is 0 Å². The Morgan fingerprint density at radius 2 is 1.88 bits per heavy atom. The van der Waals surface area contributed by atoms with Crippen LogP contribution in [-0.4, -0.2) is 11.6 Å². The van der Waals surface area contributed by atoms with E-state index in [1.54, 1.807) is 12.4 Å². The monoisotopic (exact) mass is 215 g/mol. The van der Waals surface area contributed by atoms with E-state index in [1.165, 1.54) is 0 Å². The average molecular weight is 215 g/mol. The number of nitrogens with zero attached hydrogens (tertiary/aromatic N) is 1. The Morgan fingerprint density at radius 3 is 2.62 bits per heavy atom. The molecule has 0 fully saturated rings. The minimum absolute atomic E-state index is 0.649. The van der Waals surface area contributed by atoms with E-state index in [-0.39, 0.29) is 0 Å². The SMILES string of the molecule is CCOc1cccc(Oc2cccnc2)c1. The van der Waals surface area contributed by atoms with E-state index >= 15 is 0 Å². The fourth-order valence-electron chi connectivity index (χ4n) is 1.34. The molecule has 0 amide bonds. The zero-order valence-electron chi connectivity index (χ0n) is 9.09. The molecule has 1 aromatic heterocycles. The fourth-order valence-corrected chi connectivity index (χ4v) is 1.34. The molecular weight excluding hydrogens is 202 g/mol. The lowest BCUT2D eigenvalue weighted by atomic mass is 10.3. The van der Waals surface area contributed by atoms with Gasteiger partial charge in [0.25, 0.3) is 0 Å². The highest BCUT2D eigenvalue weighted by Gasteiger charge is 1.98. The molecule has 1 heterocycles. The molecular formula is C13H13NO2. The van der Waals surface area contributed by atoms with Gasteiger partial charge < -0.3 is 9.47 Å². The largest absolute Gasteiger partial charge is 0.494 e. The quantitative estimate of drug-likeness (QED) is 0.784. The Hall–Kier alpha value is -2.03. The van der Waals surface area contributed by atoms with Crippen molar-refractivity contribution in [3.63, 3.8) is 0 Å². The highest BCUT2D eigenvalue weighted by Crippen LogP contribution is 2.24. The van der Waals surface area contributed by atoms with E-state index in [1.807, 2.05) is 43.3 Å². The van der Waals surface area contributed by atoms with Gasteiger partial charge in [-0.1, -0.05) is 6.07 Å². The predicted molar refractivity (Wildman–Crippen MR) is 61.9 cm³/mol. The molecule has 2 rings (SSSR count). The summed E-state index contributed by atoms with van der Waals surface area (Å²) in [6.07, 6.45) is 3.39. The summed E-state index contributed by atoms with van der Waals surface area (Å²) in [5.41, 5.74) is 0. The first-order chi connectivity index (χ1) is 7.88. The standard InChI is InChI=1S/C13H13NO2/c1-2-15-11-5-3-6-12(9-11)16-13-7-4-8-14-10-13/h3-10H,2H2,1H3. The Balaban J connectivity index is 2.12. The number of hydrogen-bond donors (Lipinski definition) is 0. The third-order valence-electron chi connectivity index (χ3n) is 1.99. The second-order valence-electron chi connectivity index (χ2n) is 3.20. The highest BCUT2D eigenvalue weighted by molar-refractivity contribution is 5.35. The molecule has 1 aromatic carbocycles. The lowest BCUT2D eigenvalue weighted by Gasteiger charge is -2.07. The van der Waals surface area contributed by atoms with Crippen LogP contribution >= 0.6 is 0 Å². The normalized spacial score (nSPS) is 9.81. The third-order valence-corrected chi connectivity index (χ3v) is 1.99. The van der Waals surface area contributed by atoms with Crippen molar-refractivity contribution in [2.75, 3.05) is 6.61 Å². The molecule has 0 aliphatic carbocycles. The van der Waals surface area contributed by atoms with Crippen LogP contribution in [0.15, 0.2) is 48.8 Å². The molecule has 0 bridgehead atoms. The van der Waals surface area contributed by atoms with Crippen molar-refractivity contribution >= 4 is 0 Å². The van der Waals surface area contributed by atoms with Crippen LogP contribution in [0.3, 0.4) is 0 Å². The van der Waals surface area contributed by atoms with Gasteiger partial charge in [-0.3, -0.25) is 4.98 Å². The minimum atomic E-state index is 0.649. The highest BCUT2D eigenvalue weighted by atomic mass is 16.5. The van der Waals surface area contributed by atoms with Crippen LogP contribution in [0.4, 0.5) is 0 Å². The lowest BCUT2D eigenvalue weighted by Crippen LogP contribution is -1.91. The fraction of sp³-hybridized carbons (Fsp3) is 0.154. The van der Waals surface area contributed by atoms with Crippen LogP contribution < -0.4 is 9.47 Å². The lowest BCUT2D eigenvalue weighted by molar-refractivity contribution is 0.338. The van der Waals surface area contributed by atoms with E-state index < -0.39 is 0 Å². The molecule has 0 N–H and O–H groups in total. The van der Waals surface area contributed by atoms with E-state index in [0.717, 1.165) is 17.2 Å². The third kappa shape index (κ3) is 2.73. The van der Waals surface area contributed by atoms with Crippen LogP contribution in [0.5, 0.6) is 17.2 Å². The van der Waals surface area contributed by atoms with Crippen LogP contribution in [0.1, 0.15) is 6.92 Å². The summed E-state index contributed by atoms with van der Waals surface area (Å²) >= 11 is 0. The summed E-state index contributed by atoms with van der Waals surface area (Å²) in [7, 11) is 0. The Kier molecular flexibility index (Phi) is 3.38. The topological polar surface area (TPSA) is 31.4 Å². The first kappa shape index (κ1) is 10.5. The molecule has 0 spiro atoms. The summed E-state index contributed by atoms with van der Waals surface area (Å²) in [6.45, 7) is 2.60. The Labute approximate surface area is 94.7 Å². The van der Waals surface area contributed by atoms with Gasteiger partial charge in [-0.15, -0.1) is 0 Å². The number of rotatable bonds is 4. The van der Waals surface area contributed by atoms with Gasteiger partial charge >= 0.3 is 0 Å². The maximum Gasteiger partial charge on any atom is 0.145 e. The molecule has 0 radical (unpaired) electrons. The number of ether oxygens (including phenoxy) is 2. The first-order valence-electron chi connectivity index (χ1n) is 5.19. The molecule has 0 atom stereocenters. The van der Waals surface area contributed by atoms with Gasteiger partial charge in [0.1, 0.15) is 17.2 Å². The number of aromatic nitrogens is 1. The second kappa shape index (κ2) is 5.16. The van der Waals surface area contributed by atoms with Crippen molar-refractivity contribution in [2.24, 2.45) is 0 Å². The van der Waals surface area contributed by atoms with Gasteiger partial charge in [0.2, 0.25) is 0 Å². The molecule has 0 unspecified atom stereocenters. The van der Waals surface area contributed by atoms with Crippen molar-refractivity contribution in [3.05, 3.63) is 48.8 Å². The zero-order chi connectivity index (χ0) is 11.2. The van der Waals surface area contributed by atoms with Gasteiger partial charge in [0.05, 0.1) is 12.8 Å². The van der Waals surface area contributed by atoms with Crippen molar-refractivity contribution in [2.45, 2.75) is 6.92 Å². The summed E-state index contributed by atoms with van der Waals surface area (Å²) in [6, 6.07) is 11.2. The molecule has 3 heteroatoms. The van der Waals surface area contributed by atoms with Gasteiger partial charge in [0.15, 0.2) is 0 Å². The summed E-state index contributed by atoms with van der Waals surface area (Å²) < 4.78 is 11.0. The molecule has 0 saturated heterocycles. The van der Waals surface area contributed by atoms with Crippen LogP contribution in [0.25, 0.3) is 0 Å². The van der Waals surface area contributed by atoms with Crippen molar-refractivity contribution in [3.8, 4) is 17.2 Å². The predicted octanol–water partition coefficient (Wildman–Crippen LogP) is 3.27. The average Bonchev–Trinajstić information content (AvgIpc) is 2.31. The van der Waals surface area contributed by atoms with Gasteiger partial charge in [0, 0.05) is 12.3 Å². The van der Waals surface area contributed by atoms with Crippen molar-refractivity contribution in [1.82, 2.24) is 4.98 Å². The van der Waals surface area contributed by atoms with Crippen LogP contribution in [0, 0.1) is 0 Å². The molecule has 82 valence electrons. The van der Waals surface area contributed by atoms with E-state index in [0.29, 0.717) is 6.61 Å². The van der Waals surface area contributed by atoms with E-state index in [4.69, 9.17) is 9.47 Å². The summed E-state index contributed by atoms with van der Waals surface area (Å²) in [5, 5.41) is 0. The van der Waals surface area contributed by atoms with E-state index in [9.17, 15) is 0 Å². The maximum absolute atomic E-state index is 5.62. The van der Waals surface area contributed by atoms with Crippen LogP contribution in [-0.2, 0) is 0 Å². The first-order valence-corrected chi connectivity index (χ1v) is 5.19. The van der Waals surface area contributed by atoms with Gasteiger partial charge in [-0.2, -0.15) is 0 Å². The number of benzene rings is 1. The summed E-state index contributed by atoms with van der Waals surface area (Å²) in [5.74, 6) is 2.28. The maximum atomic E-state index is 5.62. The molecule has 0 aliphatic heterocycles. The smallest absolute Gasteiger partial charge is 0.145 e. The molecule has 0 saturated carbocycles. The number of pyridine rings is 1. The molecule has 3 nitrogen and oxygen atoms in total. The Morgan fingerprint density at radius 1 is 1.06 bits per heavy atom. The van der Waals surface area contributed by atoms with Gasteiger partial charge in [-0.25, -0.2) is 0 Å². The second-order valence-corrected chi connectivity index (χ2v) is 3.20. The molecule has 0 aliphatic rings. The Bertz CT molecular complexity index is 443. The molecule has 16 heavy (non-hydrogen) atoms. The molecule has 2 aromatic rings. The van der Waals surface area contributed by atoms with Crippen molar-refractivity contribution in [1.29, 1.82) is 0 Å². The van der Waals surface area contributed by atoms with Crippen molar-refractivity contribution < 1.29 is 9.47 Å². The summed E-state index contributed by atoms with van der Waals surface area (Å²) in [4.78, 5) is 3.98. The van der Waals surface area contributed by atoms with E-state index in [2.05, 4.69) is 4.98 Å². The van der Waals surface area contributed by atoms with Gasteiger partial charge in [-0.05, 0) is 31.2 Å². The number of hydrogen-bond acceptors (Lipinski definition) is 3.